The fourth-order valence-electron chi connectivity index (χ4n) is 2.78. The summed E-state index contributed by atoms with van der Waals surface area (Å²) in [7, 11) is 0. The normalized spacial score (nSPS) is 17.4. The second kappa shape index (κ2) is 6.31. The van der Waals surface area contributed by atoms with E-state index in [1.54, 1.807) is 0 Å². The zero-order valence-corrected chi connectivity index (χ0v) is 12.6. The van der Waals surface area contributed by atoms with Gasteiger partial charge < -0.3 is 11.1 Å². The molecule has 1 amide bonds. The molecule has 2 rings (SSSR count). The van der Waals surface area contributed by atoms with Gasteiger partial charge in [0.05, 0.1) is 22.6 Å². The Hall–Kier alpha value is -1.49. The van der Waals surface area contributed by atoms with Gasteiger partial charge in [0.15, 0.2) is 0 Å². The number of aromatic nitrogens is 1. The molecule has 3 N–H and O–H groups in total. The van der Waals surface area contributed by atoms with E-state index in [-0.39, 0.29) is 5.91 Å². The molecule has 20 heavy (non-hydrogen) atoms. The smallest absolute Gasteiger partial charge is 0.233 e. The van der Waals surface area contributed by atoms with Crippen LogP contribution >= 0.6 is 12.2 Å². The van der Waals surface area contributed by atoms with Crippen LogP contribution in [0.25, 0.3) is 0 Å². The van der Waals surface area contributed by atoms with Crippen LogP contribution in [-0.2, 0) is 11.3 Å². The van der Waals surface area contributed by atoms with E-state index in [4.69, 9.17) is 18.0 Å². The molecule has 1 aromatic rings. The Bertz CT molecular complexity index is 510. The Balaban J connectivity index is 2.04. The first-order valence-electron chi connectivity index (χ1n) is 7.05. The van der Waals surface area contributed by atoms with E-state index in [2.05, 4.69) is 10.3 Å². The van der Waals surface area contributed by atoms with Gasteiger partial charge in [0.1, 0.15) is 0 Å². The largest absolute Gasteiger partial charge is 0.392 e. The number of rotatable bonds is 4. The fraction of sp³-hybridized carbons (Fsp3) is 0.533. The molecule has 0 bridgehead atoms. The molecule has 1 aliphatic rings. The van der Waals surface area contributed by atoms with Gasteiger partial charge in [-0.1, -0.05) is 37.5 Å². The maximum Gasteiger partial charge on any atom is 0.233 e. The SMILES string of the molecule is Cc1cccc(CNC(=O)C2(C(N)=S)CCCCC2)n1. The van der Waals surface area contributed by atoms with Gasteiger partial charge in [-0.2, -0.15) is 0 Å². The topological polar surface area (TPSA) is 68.0 Å². The summed E-state index contributed by atoms with van der Waals surface area (Å²) in [5, 5.41) is 2.95. The molecule has 0 atom stereocenters. The number of carbonyl (C=O) groups excluding carboxylic acids is 1. The van der Waals surface area contributed by atoms with Crippen LogP contribution in [-0.4, -0.2) is 15.9 Å². The molecule has 0 unspecified atom stereocenters. The monoisotopic (exact) mass is 291 g/mol. The Morgan fingerprint density at radius 2 is 2.10 bits per heavy atom. The third-order valence-electron chi connectivity index (χ3n) is 3.99. The van der Waals surface area contributed by atoms with Gasteiger partial charge in [0.2, 0.25) is 5.91 Å². The molecule has 1 heterocycles. The molecule has 0 aliphatic heterocycles. The van der Waals surface area contributed by atoms with Crippen molar-refractivity contribution in [3.8, 4) is 0 Å². The highest BCUT2D eigenvalue weighted by Crippen LogP contribution is 2.37. The molecule has 1 saturated carbocycles. The van der Waals surface area contributed by atoms with Gasteiger partial charge in [-0.3, -0.25) is 9.78 Å². The standard InChI is InChI=1S/C15H21N3OS/c1-11-6-5-7-12(18-11)10-17-14(19)15(13(16)20)8-3-2-4-9-15/h5-7H,2-4,8-10H2,1H3,(H2,16,20)(H,17,19). The van der Waals surface area contributed by atoms with Gasteiger partial charge in [-0.15, -0.1) is 0 Å². The minimum atomic E-state index is -0.655. The molecule has 0 spiro atoms. The van der Waals surface area contributed by atoms with E-state index in [1.165, 1.54) is 0 Å². The molecule has 0 aromatic carbocycles. The first-order valence-corrected chi connectivity index (χ1v) is 7.46. The van der Waals surface area contributed by atoms with Crippen molar-refractivity contribution in [2.45, 2.75) is 45.6 Å². The van der Waals surface area contributed by atoms with Crippen molar-refractivity contribution in [3.63, 3.8) is 0 Å². The second-order valence-electron chi connectivity index (χ2n) is 5.46. The van der Waals surface area contributed by atoms with Crippen molar-refractivity contribution >= 4 is 23.1 Å². The Morgan fingerprint density at radius 1 is 1.40 bits per heavy atom. The van der Waals surface area contributed by atoms with Crippen molar-refractivity contribution in [1.82, 2.24) is 10.3 Å². The number of amides is 1. The minimum Gasteiger partial charge on any atom is -0.392 e. The number of nitrogens with one attached hydrogen (secondary N) is 1. The molecule has 108 valence electrons. The number of carbonyl (C=O) groups is 1. The van der Waals surface area contributed by atoms with Gasteiger partial charge in [-0.05, 0) is 31.9 Å². The zero-order valence-electron chi connectivity index (χ0n) is 11.8. The maximum absolute atomic E-state index is 12.5. The molecular formula is C15H21N3OS. The predicted molar refractivity (Wildman–Crippen MR) is 83.1 cm³/mol. The quantitative estimate of drug-likeness (QED) is 0.835. The van der Waals surface area contributed by atoms with Gasteiger partial charge >= 0.3 is 0 Å². The molecular weight excluding hydrogens is 270 g/mol. The number of thiocarbonyl (C=S) groups is 1. The zero-order chi connectivity index (χ0) is 14.6. The van der Waals surface area contributed by atoms with Crippen LogP contribution in [0.3, 0.4) is 0 Å². The first kappa shape index (κ1) is 14.9. The van der Waals surface area contributed by atoms with Gasteiger partial charge in [0, 0.05) is 5.69 Å². The summed E-state index contributed by atoms with van der Waals surface area (Å²) < 4.78 is 0. The summed E-state index contributed by atoms with van der Waals surface area (Å²) in [6.45, 7) is 2.35. The fourth-order valence-corrected chi connectivity index (χ4v) is 3.08. The molecule has 0 saturated heterocycles. The summed E-state index contributed by atoms with van der Waals surface area (Å²) in [6, 6.07) is 5.78. The lowest BCUT2D eigenvalue weighted by molar-refractivity contribution is -0.129. The summed E-state index contributed by atoms with van der Waals surface area (Å²) in [6.07, 6.45) is 4.68. The number of aryl methyl sites for hydroxylation is 1. The van der Waals surface area contributed by atoms with Crippen LogP contribution in [0, 0.1) is 12.3 Å². The molecule has 1 fully saturated rings. The lowest BCUT2D eigenvalue weighted by Crippen LogP contribution is -2.49. The van der Waals surface area contributed by atoms with Crippen molar-refractivity contribution in [3.05, 3.63) is 29.6 Å². The number of nitrogens with two attached hydrogens (primary N) is 1. The Morgan fingerprint density at radius 3 is 2.70 bits per heavy atom. The molecule has 4 nitrogen and oxygen atoms in total. The molecule has 0 radical (unpaired) electrons. The van der Waals surface area contributed by atoms with Crippen LogP contribution in [0.2, 0.25) is 0 Å². The highest BCUT2D eigenvalue weighted by atomic mass is 32.1. The predicted octanol–water partition coefficient (Wildman–Crippen LogP) is 2.24. The van der Waals surface area contributed by atoms with Gasteiger partial charge in [-0.25, -0.2) is 0 Å². The summed E-state index contributed by atoms with van der Waals surface area (Å²) in [4.78, 5) is 17.2. The Kier molecular flexibility index (Phi) is 4.70. The van der Waals surface area contributed by atoms with E-state index in [0.717, 1.165) is 43.5 Å². The van der Waals surface area contributed by atoms with Crippen LogP contribution in [0.5, 0.6) is 0 Å². The van der Waals surface area contributed by atoms with Crippen LogP contribution in [0.15, 0.2) is 18.2 Å². The maximum atomic E-state index is 12.5. The lowest BCUT2D eigenvalue weighted by atomic mass is 9.73. The highest BCUT2D eigenvalue weighted by molar-refractivity contribution is 7.80. The van der Waals surface area contributed by atoms with E-state index in [0.29, 0.717) is 11.5 Å². The number of pyridine rings is 1. The lowest BCUT2D eigenvalue weighted by Gasteiger charge is -2.34. The molecule has 1 aromatic heterocycles. The number of nitrogens with zero attached hydrogens (tertiary/aromatic N) is 1. The van der Waals surface area contributed by atoms with Crippen molar-refractivity contribution in [2.75, 3.05) is 0 Å². The summed E-state index contributed by atoms with van der Waals surface area (Å²) >= 11 is 5.16. The van der Waals surface area contributed by atoms with Gasteiger partial charge in [0.25, 0.3) is 0 Å². The van der Waals surface area contributed by atoms with E-state index in [1.807, 2.05) is 25.1 Å². The second-order valence-corrected chi connectivity index (χ2v) is 5.90. The van der Waals surface area contributed by atoms with Crippen molar-refractivity contribution in [1.29, 1.82) is 0 Å². The number of hydrogen-bond donors (Lipinski definition) is 2. The van der Waals surface area contributed by atoms with Crippen molar-refractivity contribution in [2.24, 2.45) is 11.1 Å². The minimum absolute atomic E-state index is 0.0481. The average Bonchev–Trinajstić information content (AvgIpc) is 2.45. The van der Waals surface area contributed by atoms with Crippen LogP contribution in [0.4, 0.5) is 0 Å². The van der Waals surface area contributed by atoms with E-state index in [9.17, 15) is 4.79 Å². The summed E-state index contributed by atoms with van der Waals surface area (Å²) in [5.74, 6) is -0.0481. The Labute approximate surface area is 125 Å². The molecule has 5 heteroatoms. The molecule has 1 aliphatic carbocycles. The summed E-state index contributed by atoms with van der Waals surface area (Å²) in [5.41, 5.74) is 6.99. The van der Waals surface area contributed by atoms with Crippen LogP contribution < -0.4 is 11.1 Å². The number of hydrogen-bond acceptors (Lipinski definition) is 3. The highest BCUT2D eigenvalue weighted by Gasteiger charge is 2.42. The first-order chi connectivity index (χ1) is 9.54. The average molecular weight is 291 g/mol. The third kappa shape index (κ3) is 3.15. The van der Waals surface area contributed by atoms with E-state index >= 15 is 0 Å². The van der Waals surface area contributed by atoms with Crippen molar-refractivity contribution < 1.29 is 4.79 Å². The van der Waals surface area contributed by atoms with E-state index < -0.39 is 5.41 Å². The van der Waals surface area contributed by atoms with Crippen LogP contribution in [0.1, 0.15) is 43.5 Å². The third-order valence-corrected chi connectivity index (χ3v) is 4.38.